The molecule has 3 nitrogen and oxygen atoms in total. The van der Waals surface area contributed by atoms with E-state index in [1.54, 1.807) is 0 Å². The number of allylic oxidation sites excluding steroid dienone is 1. The first-order valence-electron chi connectivity index (χ1n) is 6.12. The van der Waals surface area contributed by atoms with Gasteiger partial charge in [0.05, 0.1) is 6.20 Å². The van der Waals surface area contributed by atoms with Gasteiger partial charge in [0.2, 0.25) is 0 Å². The van der Waals surface area contributed by atoms with Gasteiger partial charge in [-0.3, -0.25) is 4.68 Å². The van der Waals surface area contributed by atoms with Crippen LogP contribution in [0.4, 0.5) is 0 Å². The van der Waals surface area contributed by atoms with Crippen LogP contribution in [0.15, 0.2) is 25.0 Å². The van der Waals surface area contributed by atoms with Gasteiger partial charge in [0.25, 0.3) is 0 Å². The first kappa shape index (κ1) is 13.0. The van der Waals surface area contributed by atoms with Crippen LogP contribution in [-0.4, -0.2) is 22.9 Å². The van der Waals surface area contributed by atoms with Crippen molar-refractivity contribution in [3.63, 3.8) is 0 Å². The van der Waals surface area contributed by atoms with Gasteiger partial charge >= 0.3 is 0 Å². The lowest BCUT2D eigenvalue weighted by Gasteiger charge is -2.02. The summed E-state index contributed by atoms with van der Waals surface area (Å²) in [6.07, 6.45) is 12.1. The average Bonchev–Trinajstić information content (AvgIpc) is 2.68. The second kappa shape index (κ2) is 8.11. The molecule has 1 heterocycles. The molecular weight excluding hydrogens is 198 g/mol. The number of unbranched alkanes of at least 4 members (excludes halogenated alkanes) is 3. The summed E-state index contributed by atoms with van der Waals surface area (Å²) in [7, 11) is 1.95. The molecule has 0 unspecified atom stereocenters. The topological polar surface area (TPSA) is 29.9 Å². The summed E-state index contributed by atoms with van der Waals surface area (Å²) >= 11 is 0. The molecule has 0 radical (unpaired) electrons. The van der Waals surface area contributed by atoms with E-state index in [-0.39, 0.29) is 0 Å². The minimum Gasteiger partial charge on any atom is -0.316 e. The zero-order chi connectivity index (χ0) is 11.6. The Hall–Kier alpha value is -1.09. The molecule has 0 aliphatic rings. The van der Waals surface area contributed by atoms with E-state index in [0.29, 0.717) is 0 Å². The molecule has 1 aromatic heterocycles. The zero-order valence-electron chi connectivity index (χ0n) is 10.3. The second-order valence-electron chi connectivity index (χ2n) is 4.16. The number of nitrogens with zero attached hydrogens (tertiary/aromatic N) is 2. The molecule has 0 aliphatic carbocycles. The van der Waals surface area contributed by atoms with Gasteiger partial charge in [-0.25, -0.2) is 0 Å². The molecule has 0 saturated heterocycles. The van der Waals surface area contributed by atoms with Crippen molar-refractivity contribution in [1.29, 1.82) is 0 Å². The molecule has 0 atom stereocenters. The fourth-order valence-electron chi connectivity index (χ4n) is 1.67. The normalized spacial score (nSPS) is 10.6. The van der Waals surface area contributed by atoms with Crippen LogP contribution in [0.1, 0.15) is 31.2 Å². The summed E-state index contributed by atoms with van der Waals surface area (Å²) in [6, 6.07) is 0. The maximum absolute atomic E-state index is 4.14. The van der Waals surface area contributed by atoms with Gasteiger partial charge in [0.15, 0.2) is 0 Å². The quantitative estimate of drug-likeness (QED) is 0.512. The Labute approximate surface area is 98.5 Å². The number of hydrogen-bond donors (Lipinski definition) is 1. The molecule has 3 heteroatoms. The van der Waals surface area contributed by atoms with E-state index >= 15 is 0 Å². The molecule has 1 aromatic rings. The monoisotopic (exact) mass is 221 g/mol. The van der Waals surface area contributed by atoms with E-state index in [1.165, 1.54) is 24.8 Å². The molecular formula is C13H23N3. The predicted octanol–water partition coefficient (Wildman–Crippen LogP) is 2.30. The Morgan fingerprint density at radius 3 is 2.94 bits per heavy atom. The number of nitrogens with one attached hydrogen (secondary N) is 1. The lowest BCUT2D eigenvalue weighted by atomic mass is 10.2. The van der Waals surface area contributed by atoms with Crippen molar-refractivity contribution >= 4 is 0 Å². The molecule has 0 aliphatic heterocycles. The molecule has 0 saturated carbocycles. The molecule has 0 fully saturated rings. The maximum atomic E-state index is 4.14. The zero-order valence-corrected chi connectivity index (χ0v) is 10.3. The van der Waals surface area contributed by atoms with Crippen molar-refractivity contribution in [3.05, 3.63) is 30.6 Å². The van der Waals surface area contributed by atoms with Crippen LogP contribution in [0, 0.1) is 0 Å². The van der Waals surface area contributed by atoms with Gasteiger partial charge < -0.3 is 5.32 Å². The van der Waals surface area contributed by atoms with Crippen LogP contribution in [0.25, 0.3) is 0 Å². The van der Waals surface area contributed by atoms with Gasteiger partial charge in [-0.1, -0.05) is 12.5 Å². The van der Waals surface area contributed by atoms with Crippen molar-refractivity contribution in [1.82, 2.24) is 15.1 Å². The van der Waals surface area contributed by atoms with Crippen molar-refractivity contribution in [3.8, 4) is 0 Å². The number of aryl methyl sites for hydroxylation is 1. The summed E-state index contributed by atoms with van der Waals surface area (Å²) in [5.41, 5.74) is 1.31. The van der Waals surface area contributed by atoms with E-state index < -0.39 is 0 Å². The molecule has 0 aromatic carbocycles. The van der Waals surface area contributed by atoms with Gasteiger partial charge in [-0.2, -0.15) is 5.10 Å². The van der Waals surface area contributed by atoms with Crippen LogP contribution in [0.5, 0.6) is 0 Å². The van der Waals surface area contributed by atoms with Gasteiger partial charge in [-0.05, 0) is 44.3 Å². The largest absolute Gasteiger partial charge is 0.316 e. The summed E-state index contributed by atoms with van der Waals surface area (Å²) in [4.78, 5) is 0. The first-order chi connectivity index (χ1) is 7.83. The molecule has 0 amide bonds. The Balaban J connectivity index is 1.90. The Morgan fingerprint density at radius 2 is 2.25 bits per heavy atom. The minimum atomic E-state index is 1.05. The van der Waals surface area contributed by atoms with Gasteiger partial charge in [-0.15, -0.1) is 6.58 Å². The highest BCUT2D eigenvalue weighted by atomic mass is 15.2. The van der Waals surface area contributed by atoms with Crippen molar-refractivity contribution in [2.45, 2.75) is 32.1 Å². The Morgan fingerprint density at radius 1 is 1.38 bits per heavy atom. The van der Waals surface area contributed by atoms with Gasteiger partial charge in [0, 0.05) is 13.2 Å². The third-order valence-electron chi connectivity index (χ3n) is 2.61. The SMILES string of the molecule is C=CCCCCCNCCc1cnn(C)c1. The molecule has 1 N–H and O–H groups in total. The van der Waals surface area contributed by atoms with E-state index in [2.05, 4.69) is 23.2 Å². The lowest BCUT2D eigenvalue weighted by molar-refractivity contribution is 0.606. The van der Waals surface area contributed by atoms with Crippen LogP contribution in [-0.2, 0) is 13.5 Å². The summed E-state index contributed by atoms with van der Waals surface area (Å²) in [6.45, 7) is 5.89. The Kier molecular flexibility index (Phi) is 6.58. The molecule has 90 valence electrons. The van der Waals surface area contributed by atoms with Crippen molar-refractivity contribution in [2.24, 2.45) is 7.05 Å². The Bertz CT molecular complexity index is 291. The summed E-state index contributed by atoms with van der Waals surface area (Å²) < 4.78 is 1.85. The third kappa shape index (κ3) is 5.71. The minimum absolute atomic E-state index is 1.05. The lowest BCUT2D eigenvalue weighted by Crippen LogP contribution is -2.18. The second-order valence-corrected chi connectivity index (χ2v) is 4.16. The van der Waals surface area contributed by atoms with E-state index in [1.807, 2.05) is 24.0 Å². The fraction of sp³-hybridized carbons (Fsp3) is 0.615. The highest BCUT2D eigenvalue weighted by Crippen LogP contribution is 1.99. The van der Waals surface area contributed by atoms with Crippen molar-refractivity contribution in [2.75, 3.05) is 13.1 Å². The first-order valence-corrected chi connectivity index (χ1v) is 6.12. The summed E-state index contributed by atoms with van der Waals surface area (Å²) in [5, 5.41) is 7.60. The van der Waals surface area contributed by atoms with Gasteiger partial charge in [0.1, 0.15) is 0 Å². The molecule has 16 heavy (non-hydrogen) atoms. The standard InChI is InChI=1S/C13H23N3/c1-3-4-5-6-7-9-14-10-8-13-11-15-16(2)12-13/h3,11-12,14H,1,4-10H2,2H3. The van der Waals surface area contributed by atoms with Crippen LogP contribution >= 0.6 is 0 Å². The fourth-order valence-corrected chi connectivity index (χ4v) is 1.67. The highest BCUT2D eigenvalue weighted by molar-refractivity contribution is 5.03. The average molecular weight is 221 g/mol. The maximum Gasteiger partial charge on any atom is 0.0522 e. The van der Waals surface area contributed by atoms with Crippen LogP contribution in [0.2, 0.25) is 0 Å². The van der Waals surface area contributed by atoms with Crippen LogP contribution < -0.4 is 5.32 Å². The van der Waals surface area contributed by atoms with Crippen molar-refractivity contribution < 1.29 is 0 Å². The summed E-state index contributed by atoms with van der Waals surface area (Å²) in [5.74, 6) is 0. The molecule has 1 rings (SSSR count). The predicted molar refractivity (Wildman–Crippen MR) is 68.4 cm³/mol. The number of aromatic nitrogens is 2. The number of rotatable bonds is 9. The molecule has 0 spiro atoms. The van der Waals surface area contributed by atoms with E-state index in [9.17, 15) is 0 Å². The smallest absolute Gasteiger partial charge is 0.0522 e. The number of hydrogen-bond acceptors (Lipinski definition) is 2. The van der Waals surface area contributed by atoms with E-state index in [4.69, 9.17) is 0 Å². The van der Waals surface area contributed by atoms with Crippen LogP contribution in [0.3, 0.4) is 0 Å². The third-order valence-corrected chi connectivity index (χ3v) is 2.61. The van der Waals surface area contributed by atoms with E-state index in [0.717, 1.165) is 25.9 Å². The highest BCUT2D eigenvalue weighted by Gasteiger charge is 1.95. The molecule has 0 bridgehead atoms.